The van der Waals surface area contributed by atoms with Crippen LogP contribution in [0.1, 0.15) is 25.3 Å². The van der Waals surface area contributed by atoms with Crippen molar-refractivity contribution in [2.24, 2.45) is 0 Å². The molecule has 2 N–H and O–H groups in total. The molecule has 1 heterocycles. The third-order valence-corrected chi connectivity index (χ3v) is 4.38. The zero-order valence-electron chi connectivity index (χ0n) is 13.6. The molecular weight excluding hydrogens is 296 g/mol. The van der Waals surface area contributed by atoms with Crippen molar-refractivity contribution in [1.29, 1.82) is 0 Å². The molecule has 6 nitrogen and oxygen atoms in total. The molecule has 1 saturated heterocycles. The molecule has 0 radical (unpaired) electrons. The van der Waals surface area contributed by atoms with Crippen LogP contribution >= 0.6 is 0 Å². The molecule has 1 aromatic carbocycles. The number of carbonyl (C=O) groups is 2. The highest BCUT2D eigenvalue weighted by Crippen LogP contribution is 2.18. The Kier molecular flexibility index (Phi) is 5.60. The number of hydrogen-bond donors (Lipinski definition) is 2. The minimum absolute atomic E-state index is 0.0288. The first-order valence-electron chi connectivity index (χ1n) is 7.82. The molecule has 2 amide bonds. The maximum atomic E-state index is 12.3. The predicted octanol–water partition coefficient (Wildman–Crippen LogP) is 1.89. The third-order valence-electron chi connectivity index (χ3n) is 4.38. The van der Waals surface area contributed by atoms with E-state index < -0.39 is 11.5 Å². The highest BCUT2D eigenvalue weighted by atomic mass is 16.5. The van der Waals surface area contributed by atoms with Crippen molar-refractivity contribution in [3.63, 3.8) is 0 Å². The molecule has 1 fully saturated rings. The van der Waals surface area contributed by atoms with E-state index in [0.29, 0.717) is 25.9 Å². The highest BCUT2D eigenvalue weighted by molar-refractivity contribution is 5.86. The molecule has 0 saturated carbocycles. The van der Waals surface area contributed by atoms with E-state index in [2.05, 4.69) is 5.32 Å². The van der Waals surface area contributed by atoms with Gasteiger partial charge in [0, 0.05) is 20.2 Å². The minimum Gasteiger partial charge on any atom is -0.480 e. The van der Waals surface area contributed by atoms with Crippen LogP contribution < -0.4 is 5.32 Å². The third kappa shape index (κ3) is 4.45. The van der Waals surface area contributed by atoms with Crippen LogP contribution in [0.25, 0.3) is 0 Å². The number of amides is 2. The topological polar surface area (TPSA) is 78.9 Å². The predicted molar refractivity (Wildman–Crippen MR) is 86.3 cm³/mol. The smallest absolute Gasteiger partial charge is 0.329 e. The zero-order valence-corrected chi connectivity index (χ0v) is 13.6. The summed E-state index contributed by atoms with van der Waals surface area (Å²) in [4.78, 5) is 25.6. The number of methoxy groups -OCH3 is 1. The number of benzene rings is 1. The van der Waals surface area contributed by atoms with Crippen molar-refractivity contribution in [1.82, 2.24) is 10.2 Å². The fourth-order valence-corrected chi connectivity index (χ4v) is 2.68. The molecule has 0 bridgehead atoms. The van der Waals surface area contributed by atoms with E-state index in [-0.39, 0.29) is 12.1 Å². The molecule has 1 unspecified atom stereocenters. The van der Waals surface area contributed by atoms with E-state index >= 15 is 0 Å². The second-order valence-electron chi connectivity index (χ2n) is 6.15. The number of rotatable bonds is 6. The van der Waals surface area contributed by atoms with Gasteiger partial charge < -0.3 is 20.1 Å². The van der Waals surface area contributed by atoms with Crippen LogP contribution in [0.5, 0.6) is 0 Å². The van der Waals surface area contributed by atoms with Crippen LogP contribution in [0, 0.1) is 0 Å². The lowest BCUT2D eigenvalue weighted by atomic mass is 9.93. The van der Waals surface area contributed by atoms with Crippen molar-refractivity contribution >= 4 is 12.0 Å². The molecule has 6 heteroatoms. The van der Waals surface area contributed by atoms with E-state index in [9.17, 15) is 14.7 Å². The molecule has 1 aliphatic rings. The molecule has 2 atom stereocenters. The Labute approximate surface area is 136 Å². The molecule has 23 heavy (non-hydrogen) atoms. The van der Waals surface area contributed by atoms with Crippen molar-refractivity contribution in [3.05, 3.63) is 35.9 Å². The summed E-state index contributed by atoms with van der Waals surface area (Å²) in [5, 5.41) is 12.2. The van der Waals surface area contributed by atoms with Gasteiger partial charge in [-0.25, -0.2) is 9.59 Å². The highest BCUT2D eigenvalue weighted by Gasteiger charge is 2.37. The summed E-state index contributed by atoms with van der Waals surface area (Å²) in [6.45, 7) is 2.63. The van der Waals surface area contributed by atoms with Gasteiger partial charge in [0.15, 0.2) is 0 Å². The number of ether oxygens (including phenoxy) is 1. The van der Waals surface area contributed by atoms with Crippen LogP contribution in [-0.2, 0) is 16.0 Å². The number of aliphatic carboxylic acids is 1. The number of aryl methyl sites for hydroxylation is 1. The van der Waals surface area contributed by atoms with Gasteiger partial charge in [0.05, 0.1) is 6.10 Å². The Morgan fingerprint density at radius 2 is 2.09 bits per heavy atom. The Balaban J connectivity index is 1.97. The van der Waals surface area contributed by atoms with E-state index in [1.165, 1.54) is 0 Å². The van der Waals surface area contributed by atoms with Crippen LogP contribution in [-0.4, -0.2) is 53.8 Å². The number of carboxylic acid groups (broad SMARTS) is 1. The molecule has 0 aromatic heterocycles. The van der Waals surface area contributed by atoms with Crippen molar-refractivity contribution < 1.29 is 19.4 Å². The number of likely N-dealkylation sites (tertiary alicyclic amines) is 1. The quantitative estimate of drug-likeness (QED) is 0.839. The van der Waals surface area contributed by atoms with Gasteiger partial charge in [-0.3, -0.25) is 0 Å². The molecule has 0 spiro atoms. The number of carboxylic acids is 1. The number of nitrogens with one attached hydrogen (secondary N) is 1. The van der Waals surface area contributed by atoms with Gasteiger partial charge in [-0.05, 0) is 31.7 Å². The van der Waals surface area contributed by atoms with Crippen LogP contribution in [0.15, 0.2) is 30.3 Å². The summed E-state index contributed by atoms with van der Waals surface area (Å²) in [7, 11) is 1.62. The molecule has 0 aliphatic carbocycles. The lowest BCUT2D eigenvalue weighted by molar-refractivity contribution is -0.144. The van der Waals surface area contributed by atoms with Crippen LogP contribution in [0.3, 0.4) is 0 Å². The number of urea groups is 1. The first-order valence-corrected chi connectivity index (χ1v) is 7.82. The second kappa shape index (κ2) is 7.46. The van der Waals surface area contributed by atoms with Gasteiger partial charge in [-0.1, -0.05) is 30.3 Å². The summed E-state index contributed by atoms with van der Waals surface area (Å²) in [5.74, 6) is -1.02. The summed E-state index contributed by atoms with van der Waals surface area (Å²) in [6, 6.07) is 9.31. The number of nitrogens with zero attached hydrogens (tertiary/aromatic N) is 1. The Bertz CT molecular complexity index is 549. The lowest BCUT2D eigenvalue weighted by Crippen LogP contribution is -2.56. The number of carbonyl (C=O) groups excluding carboxylic acids is 1. The van der Waals surface area contributed by atoms with Gasteiger partial charge in [0.2, 0.25) is 0 Å². The first-order chi connectivity index (χ1) is 10.9. The fourth-order valence-electron chi connectivity index (χ4n) is 2.68. The summed E-state index contributed by atoms with van der Waals surface area (Å²) < 4.78 is 5.24. The standard InChI is InChI=1S/C17H24N2O4/c1-17(15(20)21,10-8-13-6-4-3-5-7-13)18-16(22)19-11-9-14(12-19)23-2/h3-7,14H,8-12H2,1-2H3,(H,18,22)(H,20,21)/t14-,17?/m0/s1. The van der Waals surface area contributed by atoms with E-state index in [1.807, 2.05) is 30.3 Å². The maximum Gasteiger partial charge on any atom is 0.329 e. The van der Waals surface area contributed by atoms with E-state index in [4.69, 9.17) is 4.74 Å². The van der Waals surface area contributed by atoms with Crippen LogP contribution in [0.2, 0.25) is 0 Å². The van der Waals surface area contributed by atoms with Gasteiger partial charge >= 0.3 is 12.0 Å². The van der Waals surface area contributed by atoms with Gasteiger partial charge in [-0.2, -0.15) is 0 Å². The summed E-state index contributed by atoms with van der Waals surface area (Å²) in [6.07, 6.45) is 1.73. The molecule has 1 aliphatic heterocycles. The van der Waals surface area contributed by atoms with Crippen LogP contribution in [0.4, 0.5) is 4.79 Å². The first kappa shape index (κ1) is 17.3. The molecular formula is C17H24N2O4. The molecule has 126 valence electrons. The average Bonchev–Trinajstić information content (AvgIpc) is 3.03. The minimum atomic E-state index is -1.29. The summed E-state index contributed by atoms with van der Waals surface area (Å²) in [5.41, 5.74) is -0.243. The van der Waals surface area contributed by atoms with Gasteiger partial charge in [0.25, 0.3) is 0 Å². The zero-order chi connectivity index (χ0) is 16.9. The molecule has 2 rings (SSSR count). The average molecular weight is 320 g/mol. The number of hydrogen-bond acceptors (Lipinski definition) is 3. The monoisotopic (exact) mass is 320 g/mol. The van der Waals surface area contributed by atoms with Crippen molar-refractivity contribution in [2.45, 2.75) is 37.8 Å². The van der Waals surface area contributed by atoms with E-state index in [1.54, 1.807) is 18.9 Å². The second-order valence-corrected chi connectivity index (χ2v) is 6.15. The van der Waals surface area contributed by atoms with Crippen molar-refractivity contribution in [2.75, 3.05) is 20.2 Å². The Morgan fingerprint density at radius 1 is 1.39 bits per heavy atom. The summed E-state index contributed by atoms with van der Waals surface area (Å²) >= 11 is 0. The Hall–Kier alpha value is -2.08. The SMILES string of the molecule is CO[C@H]1CCN(C(=O)NC(C)(CCc2ccccc2)C(=O)O)C1. The normalized spacial score (nSPS) is 20.1. The van der Waals surface area contributed by atoms with Crippen molar-refractivity contribution in [3.8, 4) is 0 Å². The van der Waals surface area contributed by atoms with E-state index in [0.717, 1.165) is 12.0 Å². The fraction of sp³-hybridized carbons (Fsp3) is 0.529. The largest absolute Gasteiger partial charge is 0.480 e. The lowest BCUT2D eigenvalue weighted by Gasteiger charge is -2.29. The van der Waals surface area contributed by atoms with Gasteiger partial charge in [0.1, 0.15) is 5.54 Å². The maximum absolute atomic E-state index is 12.3. The van der Waals surface area contributed by atoms with Gasteiger partial charge in [-0.15, -0.1) is 0 Å². The molecule has 1 aromatic rings. The Morgan fingerprint density at radius 3 is 2.65 bits per heavy atom.